The molecule has 160 valence electrons. The molecule has 0 radical (unpaired) electrons. The van der Waals surface area contributed by atoms with Crippen molar-refractivity contribution in [3.8, 4) is 11.4 Å². The van der Waals surface area contributed by atoms with Gasteiger partial charge in [-0.1, -0.05) is 38.1 Å². The van der Waals surface area contributed by atoms with Gasteiger partial charge in [0.2, 0.25) is 0 Å². The fourth-order valence-corrected chi connectivity index (χ4v) is 3.64. The second-order valence-electron chi connectivity index (χ2n) is 7.77. The number of aromatic nitrogens is 4. The van der Waals surface area contributed by atoms with Crippen LogP contribution in [0.5, 0.6) is 5.75 Å². The Labute approximate surface area is 178 Å². The molecule has 0 aliphatic heterocycles. The maximum atomic E-state index is 13.4. The lowest BCUT2D eigenvalue weighted by atomic mass is 10.2. The quantitative estimate of drug-likeness (QED) is 0.478. The molecule has 0 aliphatic carbocycles. The van der Waals surface area contributed by atoms with Gasteiger partial charge in [-0.15, -0.1) is 0 Å². The summed E-state index contributed by atoms with van der Waals surface area (Å²) in [7, 11) is 1.53. The summed E-state index contributed by atoms with van der Waals surface area (Å²) in [6, 6.07) is 13.2. The first-order chi connectivity index (χ1) is 14.9. The Bertz CT molecular complexity index is 1350. The van der Waals surface area contributed by atoms with Crippen LogP contribution in [0.2, 0.25) is 0 Å². The second-order valence-corrected chi connectivity index (χ2v) is 7.77. The fourth-order valence-electron chi connectivity index (χ4n) is 3.64. The minimum atomic E-state index is -0.470. The standard InChI is InChI=1S/C23H23FN4O3/c1-15(2)12-27-22(29)20-21(25-14-26(20)13-16-8-10-17(24)11-9-16)28(23(27)30)18-6-4-5-7-19(18)31-3/h4-11,14-15H,12-13H2,1-3H3. The van der Waals surface area contributed by atoms with E-state index in [1.54, 1.807) is 34.9 Å². The van der Waals surface area contributed by atoms with E-state index in [4.69, 9.17) is 4.74 Å². The van der Waals surface area contributed by atoms with E-state index in [-0.39, 0.29) is 23.9 Å². The average molecular weight is 422 g/mol. The van der Waals surface area contributed by atoms with Crippen molar-refractivity contribution in [3.63, 3.8) is 0 Å². The number of methoxy groups -OCH3 is 1. The van der Waals surface area contributed by atoms with Crippen LogP contribution < -0.4 is 16.0 Å². The molecule has 2 aromatic heterocycles. The highest BCUT2D eigenvalue weighted by Crippen LogP contribution is 2.23. The lowest BCUT2D eigenvalue weighted by Crippen LogP contribution is -2.41. The number of para-hydroxylation sites is 2. The molecule has 0 aliphatic rings. The highest BCUT2D eigenvalue weighted by molar-refractivity contribution is 5.73. The minimum Gasteiger partial charge on any atom is -0.495 e. The van der Waals surface area contributed by atoms with Crippen LogP contribution in [-0.4, -0.2) is 25.8 Å². The normalized spacial score (nSPS) is 11.4. The van der Waals surface area contributed by atoms with Gasteiger partial charge in [0, 0.05) is 13.1 Å². The zero-order valence-electron chi connectivity index (χ0n) is 17.6. The molecule has 0 saturated heterocycles. The molecule has 31 heavy (non-hydrogen) atoms. The number of imidazole rings is 1. The van der Waals surface area contributed by atoms with E-state index in [0.29, 0.717) is 23.5 Å². The van der Waals surface area contributed by atoms with Crippen molar-refractivity contribution in [2.24, 2.45) is 5.92 Å². The second kappa shape index (κ2) is 8.22. The number of hydrogen-bond acceptors (Lipinski definition) is 4. The summed E-state index contributed by atoms with van der Waals surface area (Å²) in [5.74, 6) is 0.250. The Balaban J connectivity index is 2.01. The third-order valence-electron chi connectivity index (χ3n) is 5.04. The van der Waals surface area contributed by atoms with Crippen molar-refractivity contribution in [2.75, 3.05) is 7.11 Å². The van der Waals surface area contributed by atoms with Gasteiger partial charge in [0.25, 0.3) is 5.56 Å². The Morgan fingerprint density at radius 3 is 2.45 bits per heavy atom. The van der Waals surface area contributed by atoms with Crippen molar-refractivity contribution < 1.29 is 9.13 Å². The van der Waals surface area contributed by atoms with Crippen LogP contribution in [0.25, 0.3) is 16.9 Å². The third-order valence-corrected chi connectivity index (χ3v) is 5.04. The molecule has 0 atom stereocenters. The molecule has 2 heterocycles. The molecule has 4 aromatic rings. The number of ether oxygens (including phenoxy) is 1. The van der Waals surface area contributed by atoms with Gasteiger partial charge in [-0.2, -0.15) is 0 Å². The van der Waals surface area contributed by atoms with Crippen molar-refractivity contribution in [1.82, 2.24) is 18.7 Å². The summed E-state index contributed by atoms with van der Waals surface area (Å²) in [6.45, 7) is 4.47. The van der Waals surface area contributed by atoms with E-state index < -0.39 is 11.2 Å². The number of rotatable bonds is 6. The summed E-state index contributed by atoms with van der Waals surface area (Å²) < 4.78 is 23.1. The lowest BCUT2D eigenvalue weighted by molar-refractivity contribution is 0.411. The van der Waals surface area contributed by atoms with Gasteiger partial charge in [-0.25, -0.2) is 18.7 Å². The van der Waals surface area contributed by atoms with E-state index in [0.717, 1.165) is 5.56 Å². The van der Waals surface area contributed by atoms with Gasteiger partial charge in [0.1, 0.15) is 11.6 Å². The van der Waals surface area contributed by atoms with E-state index in [1.165, 1.54) is 34.7 Å². The molecule has 0 amide bonds. The number of halogens is 1. The Morgan fingerprint density at radius 1 is 1.06 bits per heavy atom. The van der Waals surface area contributed by atoms with Crippen LogP contribution in [0.15, 0.2) is 64.4 Å². The number of fused-ring (bicyclic) bond motifs is 1. The van der Waals surface area contributed by atoms with Crippen molar-refractivity contribution in [2.45, 2.75) is 26.9 Å². The van der Waals surface area contributed by atoms with Crippen molar-refractivity contribution in [1.29, 1.82) is 0 Å². The van der Waals surface area contributed by atoms with Crippen LogP contribution >= 0.6 is 0 Å². The zero-order valence-corrected chi connectivity index (χ0v) is 17.6. The van der Waals surface area contributed by atoms with Crippen molar-refractivity contribution in [3.05, 3.63) is 87.1 Å². The van der Waals surface area contributed by atoms with Crippen LogP contribution in [0.4, 0.5) is 4.39 Å². The zero-order chi connectivity index (χ0) is 22.1. The first-order valence-corrected chi connectivity index (χ1v) is 9.99. The summed E-state index contributed by atoms with van der Waals surface area (Å²) in [5.41, 5.74) is 0.995. The first kappa shape index (κ1) is 20.6. The van der Waals surface area contributed by atoms with Crippen LogP contribution in [0.3, 0.4) is 0 Å². The highest BCUT2D eigenvalue weighted by atomic mass is 19.1. The Kier molecular flexibility index (Phi) is 5.46. The molecule has 8 heteroatoms. The number of benzene rings is 2. The van der Waals surface area contributed by atoms with Gasteiger partial charge < -0.3 is 9.30 Å². The topological polar surface area (TPSA) is 71.1 Å². The SMILES string of the molecule is COc1ccccc1-n1c(=O)n(CC(C)C)c(=O)c2c1ncn2Cc1ccc(F)cc1. The molecule has 7 nitrogen and oxygen atoms in total. The van der Waals surface area contributed by atoms with Gasteiger partial charge in [-0.05, 0) is 35.7 Å². The largest absolute Gasteiger partial charge is 0.495 e. The predicted octanol–water partition coefficient (Wildman–Crippen LogP) is 3.20. The van der Waals surface area contributed by atoms with Crippen LogP contribution in [0.1, 0.15) is 19.4 Å². The van der Waals surface area contributed by atoms with Gasteiger partial charge in [-0.3, -0.25) is 9.36 Å². The van der Waals surface area contributed by atoms with E-state index in [2.05, 4.69) is 4.98 Å². The minimum absolute atomic E-state index is 0.0856. The Morgan fingerprint density at radius 2 is 1.77 bits per heavy atom. The molecule has 0 bridgehead atoms. The fraction of sp³-hybridized carbons (Fsp3) is 0.261. The molecule has 0 fully saturated rings. The average Bonchev–Trinajstić information content (AvgIpc) is 3.16. The maximum absolute atomic E-state index is 13.4. The maximum Gasteiger partial charge on any atom is 0.337 e. The van der Waals surface area contributed by atoms with E-state index >= 15 is 0 Å². The first-order valence-electron chi connectivity index (χ1n) is 9.99. The monoisotopic (exact) mass is 422 g/mol. The molecular formula is C23H23FN4O3. The molecule has 0 unspecified atom stereocenters. The number of nitrogens with zero attached hydrogens (tertiary/aromatic N) is 4. The molecule has 0 N–H and O–H groups in total. The highest BCUT2D eigenvalue weighted by Gasteiger charge is 2.21. The smallest absolute Gasteiger partial charge is 0.337 e. The Hall–Kier alpha value is -3.68. The van der Waals surface area contributed by atoms with Crippen LogP contribution in [-0.2, 0) is 13.1 Å². The van der Waals surface area contributed by atoms with Gasteiger partial charge in [0.05, 0.1) is 19.1 Å². The predicted molar refractivity (Wildman–Crippen MR) is 116 cm³/mol. The van der Waals surface area contributed by atoms with E-state index in [1.807, 2.05) is 19.9 Å². The summed E-state index contributed by atoms with van der Waals surface area (Å²) in [6.07, 6.45) is 1.53. The van der Waals surface area contributed by atoms with Crippen LogP contribution in [0, 0.1) is 11.7 Å². The third kappa shape index (κ3) is 3.76. The summed E-state index contributed by atoms with van der Waals surface area (Å²) >= 11 is 0. The molecule has 2 aromatic carbocycles. The van der Waals surface area contributed by atoms with E-state index in [9.17, 15) is 14.0 Å². The van der Waals surface area contributed by atoms with Gasteiger partial charge >= 0.3 is 5.69 Å². The number of hydrogen-bond donors (Lipinski definition) is 0. The van der Waals surface area contributed by atoms with Crippen molar-refractivity contribution >= 4 is 11.2 Å². The molecular weight excluding hydrogens is 399 g/mol. The van der Waals surface area contributed by atoms with Gasteiger partial charge in [0.15, 0.2) is 11.2 Å². The molecule has 4 rings (SSSR count). The molecule has 0 saturated carbocycles. The summed E-state index contributed by atoms with van der Waals surface area (Å²) in [4.78, 5) is 31.1. The summed E-state index contributed by atoms with van der Waals surface area (Å²) in [5, 5.41) is 0. The lowest BCUT2D eigenvalue weighted by Gasteiger charge is -2.15. The molecule has 0 spiro atoms.